The van der Waals surface area contributed by atoms with Crippen molar-refractivity contribution in [3.63, 3.8) is 0 Å². The lowest BCUT2D eigenvalue weighted by atomic mass is 10.1. The molecule has 1 fully saturated rings. The van der Waals surface area contributed by atoms with Gasteiger partial charge in [-0.25, -0.2) is 5.43 Å². The minimum Gasteiger partial charge on any atom is -0.326 e. The molecule has 1 aliphatic carbocycles. The molecule has 128 valence electrons. The van der Waals surface area contributed by atoms with Crippen molar-refractivity contribution in [2.24, 2.45) is 11.0 Å². The highest BCUT2D eigenvalue weighted by Crippen LogP contribution is 2.30. The minimum absolute atomic E-state index is 0.0866. The van der Waals surface area contributed by atoms with Crippen molar-refractivity contribution in [2.45, 2.75) is 26.7 Å². The van der Waals surface area contributed by atoms with Gasteiger partial charge in [-0.2, -0.15) is 5.10 Å². The summed E-state index contributed by atoms with van der Waals surface area (Å²) in [5, 5.41) is 7.05. The summed E-state index contributed by atoms with van der Waals surface area (Å²) in [5.74, 6) is 0.0242. The molecule has 5 nitrogen and oxygen atoms in total. The number of carbonyl (C=O) groups is 2. The molecule has 2 N–H and O–H groups in total. The highest BCUT2D eigenvalue weighted by Gasteiger charge is 2.29. The van der Waals surface area contributed by atoms with Crippen LogP contribution in [0.4, 0.5) is 5.69 Å². The van der Waals surface area contributed by atoms with Crippen LogP contribution in [0.15, 0.2) is 53.6 Å². The zero-order valence-corrected chi connectivity index (χ0v) is 14.4. The molecule has 3 rings (SSSR count). The molecule has 0 aromatic heterocycles. The molecule has 0 radical (unpaired) electrons. The van der Waals surface area contributed by atoms with E-state index in [-0.39, 0.29) is 17.7 Å². The quantitative estimate of drug-likeness (QED) is 0.648. The van der Waals surface area contributed by atoms with Crippen molar-refractivity contribution < 1.29 is 9.59 Å². The molecule has 0 spiro atoms. The van der Waals surface area contributed by atoms with Crippen molar-refractivity contribution >= 4 is 23.2 Å². The molecule has 0 unspecified atom stereocenters. The number of hydrogen-bond donors (Lipinski definition) is 2. The second kappa shape index (κ2) is 7.30. The molecule has 25 heavy (non-hydrogen) atoms. The molecule has 0 aliphatic heterocycles. The molecular formula is C20H21N3O2. The predicted octanol–water partition coefficient (Wildman–Crippen LogP) is 3.50. The number of nitrogens with one attached hydrogen (secondary N) is 2. The Balaban J connectivity index is 1.60. The largest absolute Gasteiger partial charge is 0.326 e. The highest BCUT2D eigenvalue weighted by atomic mass is 16.2. The SMILES string of the molecule is C/C(=N/NC(=O)c1ccc(C)cc1)c1ccc(NC(=O)C2CC2)cc1. The van der Waals surface area contributed by atoms with Gasteiger partial charge in [0.2, 0.25) is 5.91 Å². The summed E-state index contributed by atoms with van der Waals surface area (Å²) in [6.07, 6.45) is 1.97. The van der Waals surface area contributed by atoms with Crippen LogP contribution in [0.3, 0.4) is 0 Å². The lowest BCUT2D eigenvalue weighted by molar-refractivity contribution is -0.117. The van der Waals surface area contributed by atoms with E-state index < -0.39 is 0 Å². The molecule has 1 saturated carbocycles. The number of aryl methyl sites for hydroxylation is 1. The third kappa shape index (κ3) is 4.53. The maximum atomic E-state index is 12.1. The monoisotopic (exact) mass is 335 g/mol. The molecule has 2 amide bonds. The molecule has 1 aliphatic rings. The van der Waals surface area contributed by atoms with Crippen LogP contribution in [-0.4, -0.2) is 17.5 Å². The maximum Gasteiger partial charge on any atom is 0.271 e. The Labute approximate surface area is 147 Å². The van der Waals surface area contributed by atoms with Crippen molar-refractivity contribution in [1.29, 1.82) is 0 Å². The first kappa shape index (κ1) is 16.9. The van der Waals surface area contributed by atoms with E-state index in [0.29, 0.717) is 11.3 Å². The molecule has 2 aromatic rings. The van der Waals surface area contributed by atoms with E-state index >= 15 is 0 Å². The molecule has 5 heteroatoms. The van der Waals surface area contributed by atoms with Gasteiger partial charge >= 0.3 is 0 Å². The topological polar surface area (TPSA) is 70.6 Å². The van der Waals surface area contributed by atoms with Gasteiger partial charge in [0.1, 0.15) is 0 Å². The number of nitrogens with zero attached hydrogens (tertiary/aromatic N) is 1. The van der Waals surface area contributed by atoms with Crippen LogP contribution in [0.5, 0.6) is 0 Å². The zero-order chi connectivity index (χ0) is 17.8. The van der Waals surface area contributed by atoms with E-state index in [1.807, 2.05) is 50.2 Å². The Morgan fingerprint density at radius 2 is 1.56 bits per heavy atom. The summed E-state index contributed by atoms with van der Waals surface area (Å²) in [7, 11) is 0. The first-order chi connectivity index (χ1) is 12.0. The van der Waals surface area contributed by atoms with Crippen LogP contribution in [-0.2, 0) is 4.79 Å². The third-order valence-electron chi connectivity index (χ3n) is 4.16. The average Bonchev–Trinajstić information content (AvgIpc) is 3.46. The van der Waals surface area contributed by atoms with Gasteiger partial charge in [-0.1, -0.05) is 29.8 Å². The van der Waals surface area contributed by atoms with Gasteiger partial charge in [-0.05, 0) is 56.5 Å². The van der Waals surface area contributed by atoms with Gasteiger partial charge < -0.3 is 5.32 Å². The zero-order valence-electron chi connectivity index (χ0n) is 14.4. The Bertz CT molecular complexity index is 804. The summed E-state index contributed by atoms with van der Waals surface area (Å²) in [6.45, 7) is 3.80. The number of carbonyl (C=O) groups excluding carboxylic acids is 2. The number of benzene rings is 2. The summed E-state index contributed by atoms with van der Waals surface area (Å²) in [5.41, 5.74) is 6.59. The first-order valence-corrected chi connectivity index (χ1v) is 8.35. The number of anilines is 1. The van der Waals surface area contributed by atoms with E-state index in [1.54, 1.807) is 12.1 Å². The number of hydrogen-bond acceptors (Lipinski definition) is 3. The molecule has 2 aromatic carbocycles. The number of amides is 2. The second-order valence-corrected chi connectivity index (χ2v) is 6.35. The van der Waals surface area contributed by atoms with Crippen LogP contribution in [0.25, 0.3) is 0 Å². The van der Waals surface area contributed by atoms with Gasteiger partial charge in [0.25, 0.3) is 5.91 Å². The first-order valence-electron chi connectivity index (χ1n) is 8.35. The van der Waals surface area contributed by atoms with Crippen LogP contribution in [0, 0.1) is 12.8 Å². The average molecular weight is 335 g/mol. The van der Waals surface area contributed by atoms with Gasteiger partial charge in [0.05, 0.1) is 5.71 Å². The lowest BCUT2D eigenvalue weighted by Gasteiger charge is -2.06. The summed E-state index contributed by atoms with van der Waals surface area (Å²) < 4.78 is 0. The Morgan fingerprint density at radius 1 is 0.960 bits per heavy atom. The molecule has 0 bridgehead atoms. The Morgan fingerprint density at radius 3 is 2.16 bits per heavy atom. The summed E-state index contributed by atoms with van der Waals surface area (Å²) >= 11 is 0. The molecule has 0 saturated heterocycles. The Kier molecular flexibility index (Phi) is 4.93. The van der Waals surface area contributed by atoms with Gasteiger partial charge in [0, 0.05) is 17.2 Å². The van der Waals surface area contributed by atoms with Gasteiger partial charge in [0.15, 0.2) is 0 Å². The summed E-state index contributed by atoms with van der Waals surface area (Å²) in [6, 6.07) is 14.8. The fourth-order valence-corrected chi connectivity index (χ4v) is 2.35. The Hall–Kier alpha value is -2.95. The second-order valence-electron chi connectivity index (χ2n) is 6.35. The normalized spacial score (nSPS) is 14.1. The fraction of sp³-hybridized carbons (Fsp3) is 0.250. The maximum absolute atomic E-state index is 12.1. The van der Waals surface area contributed by atoms with Gasteiger partial charge in [-0.3, -0.25) is 9.59 Å². The van der Waals surface area contributed by atoms with Crippen molar-refractivity contribution in [2.75, 3.05) is 5.32 Å². The van der Waals surface area contributed by atoms with Crippen LogP contribution >= 0.6 is 0 Å². The standard InChI is InChI=1S/C20H21N3O2/c1-13-3-5-17(6-4-13)20(25)23-22-14(2)15-9-11-18(12-10-15)21-19(24)16-7-8-16/h3-6,9-12,16H,7-8H2,1-2H3,(H,21,24)(H,23,25)/b22-14-. The third-order valence-corrected chi connectivity index (χ3v) is 4.16. The van der Waals surface area contributed by atoms with Crippen LogP contribution in [0.1, 0.15) is 41.3 Å². The van der Waals surface area contributed by atoms with E-state index in [0.717, 1.165) is 29.7 Å². The number of rotatable bonds is 5. The van der Waals surface area contributed by atoms with Crippen molar-refractivity contribution in [3.8, 4) is 0 Å². The minimum atomic E-state index is -0.243. The number of hydrazone groups is 1. The van der Waals surface area contributed by atoms with Crippen molar-refractivity contribution in [1.82, 2.24) is 5.43 Å². The van der Waals surface area contributed by atoms with Gasteiger partial charge in [-0.15, -0.1) is 0 Å². The molecule has 0 atom stereocenters. The van der Waals surface area contributed by atoms with Crippen LogP contribution < -0.4 is 10.7 Å². The van der Waals surface area contributed by atoms with E-state index in [4.69, 9.17) is 0 Å². The van der Waals surface area contributed by atoms with E-state index in [9.17, 15) is 9.59 Å². The van der Waals surface area contributed by atoms with Crippen LogP contribution in [0.2, 0.25) is 0 Å². The van der Waals surface area contributed by atoms with Crippen molar-refractivity contribution in [3.05, 3.63) is 65.2 Å². The highest BCUT2D eigenvalue weighted by molar-refractivity contribution is 6.01. The molecule has 0 heterocycles. The smallest absolute Gasteiger partial charge is 0.271 e. The predicted molar refractivity (Wildman–Crippen MR) is 98.7 cm³/mol. The lowest BCUT2D eigenvalue weighted by Crippen LogP contribution is -2.19. The van der Waals surface area contributed by atoms with E-state index in [1.165, 1.54) is 0 Å². The van der Waals surface area contributed by atoms with E-state index in [2.05, 4.69) is 15.8 Å². The molecular weight excluding hydrogens is 314 g/mol. The summed E-state index contributed by atoms with van der Waals surface area (Å²) in [4.78, 5) is 23.8. The fourth-order valence-electron chi connectivity index (χ4n) is 2.35.